The molecule has 3 nitrogen and oxygen atoms in total. The van der Waals surface area contributed by atoms with E-state index in [4.69, 9.17) is 0 Å². The van der Waals surface area contributed by atoms with E-state index < -0.39 is 0 Å². The highest BCUT2D eigenvalue weighted by Gasteiger charge is 2.24. The minimum absolute atomic E-state index is 0.245. The molecule has 0 unspecified atom stereocenters. The quantitative estimate of drug-likeness (QED) is 0.787. The fraction of sp³-hybridized carbons (Fsp3) is 0.929. The average molecular weight is 238 g/mol. The number of piperidine rings is 1. The van der Waals surface area contributed by atoms with Crippen molar-refractivity contribution in [3.63, 3.8) is 0 Å². The Labute approximate surface area is 105 Å². The van der Waals surface area contributed by atoms with Crippen molar-refractivity contribution in [2.24, 2.45) is 11.8 Å². The Bertz CT molecular complexity index is 249. The number of rotatable bonds is 4. The van der Waals surface area contributed by atoms with Gasteiger partial charge in [0.1, 0.15) is 0 Å². The van der Waals surface area contributed by atoms with E-state index in [1.807, 2.05) is 0 Å². The van der Waals surface area contributed by atoms with Crippen molar-refractivity contribution in [2.75, 3.05) is 13.1 Å². The minimum Gasteiger partial charge on any atom is -0.356 e. The molecule has 17 heavy (non-hydrogen) atoms. The topological polar surface area (TPSA) is 41.1 Å². The summed E-state index contributed by atoms with van der Waals surface area (Å²) >= 11 is 0. The fourth-order valence-electron chi connectivity index (χ4n) is 3.21. The molecule has 1 aliphatic carbocycles. The molecule has 0 spiro atoms. The second kappa shape index (κ2) is 6.39. The number of hydrogen-bond donors (Lipinski definition) is 2. The SMILES string of the molecule is C[C@H]1C[C@@H](C(=O)NCCC2CCCC2)CCN1. The number of carbonyl (C=O) groups excluding carboxylic acids is 1. The molecule has 0 bridgehead atoms. The second-order valence-corrected chi connectivity index (χ2v) is 5.81. The smallest absolute Gasteiger partial charge is 0.223 e. The molecule has 2 atom stereocenters. The van der Waals surface area contributed by atoms with Crippen molar-refractivity contribution < 1.29 is 4.79 Å². The van der Waals surface area contributed by atoms with Gasteiger partial charge in [-0.15, -0.1) is 0 Å². The summed E-state index contributed by atoms with van der Waals surface area (Å²) < 4.78 is 0. The lowest BCUT2D eigenvalue weighted by Crippen LogP contribution is -2.42. The van der Waals surface area contributed by atoms with Crippen LogP contribution in [0, 0.1) is 11.8 Å². The molecule has 0 radical (unpaired) electrons. The molecular weight excluding hydrogens is 212 g/mol. The van der Waals surface area contributed by atoms with Crippen LogP contribution in [-0.2, 0) is 4.79 Å². The molecule has 1 aliphatic heterocycles. The highest BCUT2D eigenvalue weighted by molar-refractivity contribution is 5.78. The molecular formula is C14H26N2O. The summed E-state index contributed by atoms with van der Waals surface area (Å²) in [5, 5.41) is 6.52. The molecule has 3 heteroatoms. The number of amides is 1. The van der Waals surface area contributed by atoms with Crippen LogP contribution in [0.5, 0.6) is 0 Å². The van der Waals surface area contributed by atoms with Crippen molar-refractivity contribution in [1.29, 1.82) is 0 Å². The molecule has 1 saturated carbocycles. The third-order valence-electron chi connectivity index (χ3n) is 4.32. The van der Waals surface area contributed by atoms with Crippen LogP contribution in [0.15, 0.2) is 0 Å². The zero-order valence-electron chi connectivity index (χ0n) is 11.0. The van der Waals surface area contributed by atoms with Crippen LogP contribution in [0.25, 0.3) is 0 Å². The van der Waals surface area contributed by atoms with Crippen molar-refractivity contribution in [3.8, 4) is 0 Å². The number of carbonyl (C=O) groups is 1. The van der Waals surface area contributed by atoms with Crippen molar-refractivity contribution >= 4 is 5.91 Å². The van der Waals surface area contributed by atoms with Gasteiger partial charge in [0, 0.05) is 18.5 Å². The predicted molar refractivity (Wildman–Crippen MR) is 69.8 cm³/mol. The summed E-state index contributed by atoms with van der Waals surface area (Å²) in [5.41, 5.74) is 0. The maximum atomic E-state index is 12.0. The lowest BCUT2D eigenvalue weighted by atomic mass is 9.92. The predicted octanol–water partition coefficient (Wildman–Crippen LogP) is 2.07. The maximum Gasteiger partial charge on any atom is 0.223 e. The van der Waals surface area contributed by atoms with E-state index >= 15 is 0 Å². The summed E-state index contributed by atoms with van der Waals surface area (Å²) in [7, 11) is 0. The highest BCUT2D eigenvalue weighted by Crippen LogP contribution is 2.27. The van der Waals surface area contributed by atoms with Crippen LogP contribution in [0.2, 0.25) is 0 Å². The molecule has 1 amide bonds. The van der Waals surface area contributed by atoms with E-state index in [2.05, 4.69) is 17.6 Å². The molecule has 0 aromatic rings. The standard InChI is InChI=1S/C14H26N2O/c1-11-10-13(7-9-15-11)14(17)16-8-6-12-4-2-3-5-12/h11-13,15H,2-10H2,1H3,(H,16,17)/t11-,13-/m0/s1. The Morgan fingerprint density at radius 3 is 2.76 bits per heavy atom. The van der Waals surface area contributed by atoms with Crippen molar-refractivity contribution in [1.82, 2.24) is 10.6 Å². The van der Waals surface area contributed by atoms with Crippen LogP contribution in [0.3, 0.4) is 0 Å². The van der Waals surface area contributed by atoms with Crippen LogP contribution in [-0.4, -0.2) is 25.0 Å². The van der Waals surface area contributed by atoms with Gasteiger partial charge in [0.15, 0.2) is 0 Å². The molecule has 2 fully saturated rings. The fourth-order valence-corrected chi connectivity index (χ4v) is 3.21. The molecule has 2 N–H and O–H groups in total. The van der Waals surface area contributed by atoms with Crippen LogP contribution in [0.4, 0.5) is 0 Å². The normalized spacial score (nSPS) is 30.4. The van der Waals surface area contributed by atoms with E-state index in [0.29, 0.717) is 6.04 Å². The summed E-state index contributed by atoms with van der Waals surface area (Å²) in [5.74, 6) is 1.41. The second-order valence-electron chi connectivity index (χ2n) is 5.81. The van der Waals surface area contributed by atoms with Gasteiger partial charge in [0.2, 0.25) is 5.91 Å². The summed E-state index contributed by atoms with van der Waals surface area (Å²) in [4.78, 5) is 12.0. The molecule has 0 aromatic carbocycles. The molecule has 0 aromatic heterocycles. The molecule has 2 rings (SSSR count). The van der Waals surface area contributed by atoms with E-state index in [-0.39, 0.29) is 11.8 Å². The summed E-state index contributed by atoms with van der Waals surface area (Å²) in [6.45, 7) is 4.04. The van der Waals surface area contributed by atoms with Gasteiger partial charge in [-0.05, 0) is 38.6 Å². The Morgan fingerprint density at radius 1 is 1.29 bits per heavy atom. The Morgan fingerprint density at radius 2 is 2.06 bits per heavy atom. The number of nitrogens with one attached hydrogen (secondary N) is 2. The molecule has 2 aliphatic rings. The first kappa shape index (κ1) is 12.9. The van der Waals surface area contributed by atoms with Gasteiger partial charge in [-0.1, -0.05) is 25.7 Å². The van der Waals surface area contributed by atoms with Crippen LogP contribution < -0.4 is 10.6 Å². The van der Waals surface area contributed by atoms with E-state index in [9.17, 15) is 4.79 Å². The highest BCUT2D eigenvalue weighted by atomic mass is 16.1. The Kier molecular flexibility index (Phi) is 4.84. The van der Waals surface area contributed by atoms with E-state index in [1.54, 1.807) is 0 Å². The van der Waals surface area contributed by atoms with Crippen molar-refractivity contribution in [2.45, 2.75) is 57.9 Å². The van der Waals surface area contributed by atoms with Gasteiger partial charge < -0.3 is 10.6 Å². The van der Waals surface area contributed by atoms with Crippen LogP contribution in [0.1, 0.15) is 51.9 Å². The van der Waals surface area contributed by atoms with Gasteiger partial charge in [-0.2, -0.15) is 0 Å². The van der Waals surface area contributed by atoms with Gasteiger partial charge in [0.25, 0.3) is 0 Å². The summed E-state index contributed by atoms with van der Waals surface area (Å²) in [6, 6.07) is 0.495. The average Bonchev–Trinajstić information content (AvgIpc) is 2.82. The molecule has 1 saturated heterocycles. The maximum absolute atomic E-state index is 12.0. The third-order valence-corrected chi connectivity index (χ3v) is 4.32. The van der Waals surface area contributed by atoms with Crippen LogP contribution >= 0.6 is 0 Å². The lowest BCUT2D eigenvalue weighted by molar-refractivity contribution is -0.126. The van der Waals surface area contributed by atoms with Gasteiger partial charge >= 0.3 is 0 Å². The monoisotopic (exact) mass is 238 g/mol. The molecule has 1 heterocycles. The Hall–Kier alpha value is -0.570. The van der Waals surface area contributed by atoms with Gasteiger partial charge in [0.05, 0.1) is 0 Å². The van der Waals surface area contributed by atoms with E-state index in [1.165, 1.54) is 32.1 Å². The molecule has 98 valence electrons. The van der Waals surface area contributed by atoms with E-state index in [0.717, 1.165) is 31.8 Å². The first-order valence-corrected chi connectivity index (χ1v) is 7.27. The van der Waals surface area contributed by atoms with Crippen molar-refractivity contribution in [3.05, 3.63) is 0 Å². The zero-order chi connectivity index (χ0) is 12.1. The third kappa shape index (κ3) is 3.98. The Balaban J connectivity index is 1.62. The largest absolute Gasteiger partial charge is 0.356 e. The first-order valence-electron chi connectivity index (χ1n) is 7.27. The zero-order valence-corrected chi connectivity index (χ0v) is 11.0. The summed E-state index contributed by atoms with van der Waals surface area (Å²) in [6.07, 6.45) is 8.72. The minimum atomic E-state index is 0.245. The first-order chi connectivity index (χ1) is 8.25. The lowest BCUT2D eigenvalue weighted by Gasteiger charge is -2.27. The van der Waals surface area contributed by atoms with Gasteiger partial charge in [-0.25, -0.2) is 0 Å². The van der Waals surface area contributed by atoms with Gasteiger partial charge in [-0.3, -0.25) is 4.79 Å². The number of hydrogen-bond acceptors (Lipinski definition) is 2.